The zero-order valence-corrected chi connectivity index (χ0v) is 14.6. The van der Waals surface area contributed by atoms with Gasteiger partial charge in [-0.15, -0.1) is 0 Å². The number of rotatable bonds is 3. The van der Waals surface area contributed by atoms with E-state index in [0.717, 1.165) is 33.3 Å². The molecule has 0 unspecified atom stereocenters. The molecule has 0 N–H and O–H groups in total. The van der Waals surface area contributed by atoms with Crippen molar-refractivity contribution in [2.45, 2.75) is 5.92 Å². The van der Waals surface area contributed by atoms with Gasteiger partial charge in [0.2, 0.25) is 0 Å². The van der Waals surface area contributed by atoms with Crippen molar-refractivity contribution in [3.05, 3.63) is 107 Å². The quantitative estimate of drug-likeness (QED) is 0.463. The highest BCUT2D eigenvalue weighted by molar-refractivity contribution is 6.31. The fraction of sp³-hybridized carbons (Fsp3) is 0.0476. The number of fused-ring (bicyclic) bond motifs is 2. The maximum absolute atomic E-state index is 6.60. The second kappa shape index (κ2) is 6.00. The molecule has 1 aromatic carbocycles. The number of aromatic nitrogens is 4. The SMILES string of the molecule is Clc1ccccc1C(c1cnc2ccccn12)c1cnc2ccccn12. The molecule has 0 amide bonds. The average molecular weight is 359 g/mol. The molecule has 0 fully saturated rings. The van der Waals surface area contributed by atoms with E-state index in [2.05, 4.69) is 24.8 Å². The first-order chi connectivity index (χ1) is 12.8. The van der Waals surface area contributed by atoms with Gasteiger partial charge in [-0.25, -0.2) is 9.97 Å². The second-order valence-electron chi connectivity index (χ2n) is 6.18. The van der Waals surface area contributed by atoms with Crippen LogP contribution in [0.3, 0.4) is 0 Å². The van der Waals surface area contributed by atoms with Crippen molar-refractivity contribution in [2.75, 3.05) is 0 Å². The normalized spacial score (nSPS) is 11.6. The molecular weight excluding hydrogens is 344 g/mol. The van der Waals surface area contributed by atoms with Gasteiger partial charge >= 0.3 is 0 Å². The Bertz CT molecular complexity index is 1150. The molecular formula is C21H15ClN4. The predicted octanol–water partition coefficient (Wildman–Crippen LogP) is 4.82. The lowest BCUT2D eigenvalue weighted by atomic mass is 9.93. The minimum atomic E-state index is -0.0847. The molecule has 4 heterocycles. The molecule has 0 bridgehead atoms. The van der Waals surface area contributed by atoms with Crippen molar-refractivity contribution in [3.8, 4) is 0 Å². The number of imidazole rings is 2. The first-order valence-corrected chi connectivity index (χ1v) is 8.79. The summed E-state index contributed by atoms with van der Waals surface area (Å²) in [5, 5.41) is 0.731. The highest BCUT2D eigenvalue weighted by Gasteiger charge is 2.25. The third kappa shape index (κ3) is 2.30. The molecule has 126 valence electrons. The molecule has 5 heteroatoms. The Hall–Kier alpha value is -3.11. The van der Waals surface area contributed by atoms with Gasteiger partial charge in [0, 0.05) is 17.4 Å². The standard InChI is InChI=1S/C21H15ClN4/c22-16-8-2-1-7-15(16)21(17-13-23-19-9-3-5-11-25(17)19)18-14-24-20-10-4-6-12-26(18)20/h1-14,21H. The summed E-state index contributed by atoms with van der Waals surface area (Å²) in [6, 6.07) is 20.0. The molecule has 5 aromatic rings. The second-order valence-corrected chi connectivity index (χ2v) is 6.59. The van der Waals surface area contributed by atoms with Gasteiger partial charge in [-0.3, -0.25) is 0 Å². The summed E-state index contributed by atoms with van der Waals surface area (Å²) < 4.78 is 4.21. The molecule has 0 radical (unpaired) electrons. The van der Waals surface area contributed by atoms with E-state index >= 15 is 0 Å². The average Bonchev–Trinajstić information content (AvgIpc) is 3.29. The number of hydrogen-bond acceptors (Lipinski definition) is 2. The summed E-state index contributed by atoms with van der Waals surface area (Å²) in [5.74, 6) is -0.0847. The van der Waals surface area contributed by atoms with Crippen molar-refractivity contribution in [1.29, 1.82) is 0 Å². The zero-order valence-electron chi connectivity index (χ0n) is 13.8. The Kier molecular flexibility index (Phi) is 3.50. The Morgan fingerprint density at radius 2 is 1.23 bits per heavy atom. The maximum Gasteiger partial charge on any atom is 0.136 e. The van der Waals surface area contributed by atoms with E-state index in [-0.39, 0.29) is 5.92 Å². The van der Waals surface area contributed by atoms with Crippen molar-refractivity contribution in [3.63, 3.8) is 0 Å². The molecule has 0 aliphatic carbocycles. The summed E-state index contributed by atoms with van der Waals surface area (Å²) in [7, 11) is 0. The van der Waals surface area contributed by atoms with Crippen LogP contribution in [0.4, 0.5) is 0 Å². The largest absolute Gasteiger partial charge is 0.303 e. The molecule has 26 heavy (non-hydrogen) atoms. The predicted molar refractivity (Wildman–Crippen MR) is 103 cm³/mol. The van der Waals surface area contributed by atoms with Gasteiger partial charge in [-0.2, -0.15) is 0 Å². The summed E-state index contributed by atoms with van der Waals surface area (Å²) in [4.78, 5) is 9.15. The van der Waals surface area contributed by atoms with Crippen molar-refractivity contribution in [2.24, 2.45) is 0 Å². The molecule has 0 saturated carbocycles. The fourth-order valence-corrected chi connectivity index (χ4v) is 3.76. The van der Waals surface area contributed by atoms with Gasteiger partial charge in [-0.05, 0) is 35.9 Å². The zero-order chi connectivity index (χ0) is 17.5. The van der Waals surface area contributed by atoms with E-state index in [1.54, 1.807) is 0 Å². The van der Waals surface area contributed by atoms with Crippen molar-refractivity contribution < 1.29 is 0 Å². The van der Waals surface area contributed by atoms with Gasteiger partial charge in [0.1, 0.15) is 11.3 Å². The monoisotopic (exact) mass is 358 g/mol. The molecule has 0 spiro atoms. The molecule has 4 nitrogen and oxygen atoms in total. The van der Waals surface area contributed by atoms with E-state index < -0.39 is 0 Å². The summed E-state index contributed by atoms with van der Waals surface area (Å²) in [6.45, 7) is 0. The minimum absolute atomic E-state index is 0.0847. The summed E-state index contributed by atoms with van der Waals surface area (Å²) in [5.41, 5.74) is 4.96. The summed E-state index contributed by atoms with van der Waals surface area (Å²) in [6.07, 6.45) is 7.91. The third-order valence-corrected chi connectivity index (χ3v) is 5.04. The van der Waals surface area contributed by atoms with Crippen LogP contribution in [0.1, 0.15) is 22.9 Å². The van der Waals surface area contributed by atoms with Crippen molar-refractivity contribution in [1.82, 2.24) is 18.8 Å². The topological polar surface area (TPSA) is 34.6 Å². The molecule has 0 aliphatic heterocycles. The first kappa shape index (κ1) is 15.2. The van der Waals surface area contributed by atoms with Crippen molar-refractivity contribution >= 4 is 22.9 Å². The lowest BCUT2D eigenvalue weighted by Crippen LogP contribution is -2.09. The molecule has 4 aromatic heterocycles. The highest BCUT2D eigenvalue weighted by Crippen LogP contribution is 2.36. The Balaban J connectivity index is 1.83. The van der Waals surface area contributed by atoms with E-state index in [0.29, 0.717) is 0 Å². The van der Waals surface area contributed by atoms with Crippen LogP contribution in [-0.2, 0) is 0 Å². The molecule has 0 atom stereocenters. The number of pyridine rings is 2. The van der Waals surface area contributed by atoms with Crippen LogP contribution in [0, 0.1) is 0 Å². The van der Waals surface area contributed by atoms with E-state index in [9.17, 15) is 0 Å². The third-order valence-electron chi connectivity index (χ3n) is 4.70. The number of hydrogen-bond donors (Lipinski definition) is 0. The first-order valence-electron chi connectivity index (χ1n) is 8.41. The van der Waals surface area contributed by atoms with E-state index in [1.807, 2.05) is 79.4 Å². The number of halogens is 1. The van der Waals surface area contributed by atoms with Gasteiger partial charge < -0.3 is 8.80 Å². The number of nitrogens with zero attached hydrogens (tertiary/aromatic N) is 4. The molecule has 0 aliphatic rings. The van der Waals surface area contributed by atoms with Crippen LogP contribution < -0.4 is 0 Å². The fourth-order valence-electron chi connectivity index (χ4n) is 3.51. The maximum atomic E-state index is 6.60. The minimum Gasteiger partial charge on any atom is -0.303 e. The summed E-state index contributed by atoms with van der Waals surface area (Å²) >= 11 is 6.60. The van der Waals surface area contributed by atoms with Gasteiger partial charge in [0.15, 0.2) is 0 Å². The smallest absolute Gasteiger partial charge is 0.136 e. The lowest BCUT2D eigenvalue weighted by Gasteiger charge is -2.18. The van der Waals surface area contributed by atoms with Gasteiger partial charge in [0.05, 0.1) is 29.7 Å². The van der Waals surface area contributed by atoms with Crippen LogP contribution in [-0.4, -0.2) is 18.8 Å². The van der Waals surface area contributed by atoms with E-state index in [4.69, 9.17) is 11.6 Å². The number of benzene rings is 1. The Labute approximate surface area is 155 Å². The van der Waals surface area contributed by atoms with Gasteiger partial charge in [-0.1, -0.05) is 41.9 Å². The van der Waals surface area contributed by atoms with Crippen LogP contribution in [0.15, 0.2) is 85.5 Å². The van der Waals surface area contributed by atoms with E-state index in [1.165, 1.54) is 0 Å². The van der Waals surface area contributed by atoms with Crippen LogP contribution >= 0.6 is 11.6 Å². The highest BCUT2D eigenvalue weighted by atomic mass is 35.5. The van der Waals surface area contributed by atoms with Crippen LogP contribution in [0.2, 0.25) is 5.02 Å². The lowest BCUT2D eigenvalue weighted by molar-refractivity contribution is 0.846. The Morgan fingerprint density at radius 1 is 0.692 bits per heavy atom. The molecule has 0 saturated heterocycles. The van der Waals surface area contributed by atoms with Crippen LogP contribution in [0.25, 0.3) is 11.3 Å². The Morgan fingerprint density at radius 3 is 1.81 bits per heavy atom. The van der Waals surface area contributed by atoms with Crippen LogP contribution in [0.5, 0.6) is 0 Å². The van der Waals surface area contributed by atoms with Gasteiger partial charge in [0.25, 0.3) is 0 Å². The molecule has 5 rings (SSSR count).